The minimum atomic E-state index is -0.199. The Morgan fingerprint density at radius 2 is 2.04 bits per heavy atom. The van der Waals surface area contributed by atoms with Crippen LogP contribution in [0.4, 0.5) is 11.5 Å². The van der Waals surface area contributed by atoms with Gasteiger partial charge in [-0.2, -0.15) is 0 Å². The van der Waals surface area contributed by atoms with Gasteiger partial charge >= 0.3 is 0 Å². The molecule has 23 heavy (non-hydrogen) atoms. The van der Waals surface area contributed by atoms with Crippen molar-refractivity contribution in [1.82, 2.24) is 4.98 Å². The lowest BCUT2D eigenvalue weighted by atomic mass is 10.1. The summed E-state index contributed by atoms with van der Waals surface area (Å²) in [5, 5.41) is 23.0. The van der Waals surface area contributed by atoms with Gasteiger partial charge in [-0.1, -0.05) is 17.7 Å². The number of aliphatic hydroxyl groups excluding tert-OH is 1. The van der Waals surface area contributed by atoms with Crippen molar-refractivity contribution in [2.45, 2.75) is 32.4 Å². The largest absolute Gasteiger partial charge is 0.508 e. The molecule has 1 aromatic carbocycles. The summed E-state index contributed by atoms with van der Waals surface area (Å²) in [7, 11) is 0. The lowest BCUT2D eigenvalue weighted by Gasteiger charge is -2.31. The first-order valence-corrected chi connectivity index (χ1v) is 8.04. The summed E-state index contributed by atoms with van der Waals surface area (Å²) in [6.07, 6.45) is 3.13. The molecule has 5 nitrogen and oxygen atoms in total. The third kappa shape index (κ3) is 3.74. The van der Waals surface area contributed by atoms with Crippen LogP contribution in [0.1, 0.15) is 24.0 Å². The van der Waals surface area contributed by atoms with Crippen molar-refractivity contribution >= 4 is 11.5 Å². The van der Waals surface area contributed by atoms with Gasteiger partial charge in [0.2, 0.25) is 0 Å². The number of aliphatic hydroxyl groups is 1. The van der Waals surface area contributed by atoms with E-state index < -0.39 is 0 Å². The van der Waals surface area contributed by atoms with Crippen LogP contribution in [0.25, 0.3) is 0 Å². The number of aromatic hydroxyl groups is 1. The molecule has 1 saturated heterocycles. The maximum atomic E-state index is 9.97. The van der Waals surface area contributed by atoms with Crippen LogP contribution in [0, 0.1) is 6.92 Å². The van der Waals surface area contributed by atoms with E-state index in [-0.39, 0.29) is 6.10 Å². The van der Waals surface area contributed by atoms with Crippen LogP contribution in [-0.2, 0) is 6.54 Å². The molecule has 2 aromatic rings. The number of piperidine rings is 1. The zero-order chi connectivity index (χ0) is 16.2. The number of hydrogen-bond donors (Lipinski definition) is 3. The van der Waals surface area contributed by atoms with Crippen LogP contribution >= 0.6 is 0 Å². The molecule has 0 spiro atoms. The lowest BCUT2D eigenvalue weighted by molar-refractivity contribution is 0.145. The first kappa shape index (κ1) is 15.6. The summed E-state index contributed by atoms with van der Waals surface area (Å²) in [6, 6.07) is 9.51. The fourth-order valence-corrected chi connectivity index (χ4v) is 2.91. The Morgan fingerprint density at radius 3 is 2.83 bits per heavy atom. The first-order chi connectivity index (χ1) is 11.1. The number of aryl methyl sites for hydroxylation is 1. The number of hydrogen-bond acceptors (Lipinski definition) is 5. The number of benzene rings is 1. The van der Waals surface area contributed by atoms with Crippen molar-refractivity contribution in [2.75, 3.05) is 23.3 Å². The molecule has 122 valence electrons. The SMILES string of the molecule is Cc1ccc(O)c(CNc2cccnc2N2CCC(O)CC2)c1. The average molecular weight is 313 g/mol. The summed E-state index contributed by atoms with van der Waals surface area (Å²) >= 11 is 0. The van der Waals surface area contributed by atoms with Gasteiger partial charge in [0.05, 0.1) is 11.8 Å². The van der Waals surface area contributed by atoms with E-state index in [9.17, 15) is 10.2 Å². The molecule has 1 aromatic heterocycles. The second-order valence-corrected chi connectivity index (χ2v) is 6.08. The van der Waals surface area contributed by atoms with E-state index in [1.54, 1.807) is 12.3 Å². The van der Waals surface area contributed by atoms with Gasteiger partial charge in [-0.25, -0.2) is 4.98 Å². The molecule has 0 radical (unpaired) electrons. The maximum absolute atomic E-state index is 9.97. The molecule has 0 atom stereocenters. The Balaban J connectivity index is 1.74. The smallest absolute Gasteiger partial charge is 0.151 e. The van der Waals surface area contributed by atoms with Gasteiger partial charge in [0.25, 0.3) is 0 Å². The molecule has 0 unspecified atom stereocenters. The normalized spacial score (nSPS) is 15.7. The van der Waals surface area contributed by atoms with Gasteiger partial charge in [-0.3, -0.25) is 0 Å². The van der Waals surface area contributed by atoms with Gasteiger partial charge in [0.1, 0.15) is 5.75 Å². The number of phenols is 1. The molecule has 3 rings (SSSR count). The van der Waals surface area contributed by atoms with Crippen LogP contribution in [0.3, 0.4) is 0 Å². The van der Waals surface area contributed by atoms with Crippen molar-refractivity contribution in [2.24, 2.45) is 0 Å². The van der Waals surface area contributed by atoms with Gasteiger partial charge in [0, 0.05) is 31.4 Å². The molecule has 0 amide bonds. The van der Waals surface area contributed by atoms with Crippen LogP contribution in [-0.4, -0.2) is 34.4 Å². The molecule has 0 bridgehead atoms. The fraction of sp³-hybridized carbons (Fsp3) is 0.389. The van der Waals surface area contributed by atoms with Gasteiger partial charge in [0.15, 0.2) is 5.82 Å². The number of nitrogens with one attached hydrogen (secondary N) is 1. The Kier molecular flexibility index (Phi) is 4.67. The molecule has 3 N–H and O–H groups in total. The van der Waals surface area contributed by atoms with E-state index in [0.717, 1.165) is 48.6 Å². The first-order valence-electron chi connectivity index (χ1n) is 8.04. The second kappa shape index (κ2) is 6.87. The summed E-state index contributed by atoms with van der Waals surface area (Å²) in [5.74, 6) is 1.21. The van der Waals surface area contributed by atoms with Crippen molar-refractivity contribution < 1.29 is 10.2 Å². The number of phenolic OH excluding ortho intramolecular Hbond substituents is 1. The van der Waals surface area contributed by atoms with Crippen molar-refractivity contribution in [3.8, 4) is 5.75 Å². The number of anilines is 2. The van der Waals surface area contributed by atoms with Crippen molar-refractivity contribution in [3.05, 3.63) is 47.7 Å². The maximum Gasteiger partial charge on any atom is 0.151 e. The molecule has 5 heteroatoms. The zero-order valence-corrected chi connectivity index (χ0v) is 13.4. The topological polar surface area (TPSA) is 68.6 Å². The zero-order valence-electron chi connectivity index (χ0n) is 13.4. The van der Waals surface area contributed by atoms with Gasteiger partial charge in [-0.05, 0) is 38.0 Å². The number of nitrogens with zero attached hydrogens (tertiary/aromatic N) is 2. The number of pyridine rings is 1. The highest BCUT2D eigenvalue weighted by Gasteiger charge is 2.20. The lowest BCUT2D eigenvalue weighted by Crippen LogP contribution is -2.36. The minimum absolute atomic E-state index is 0.199. The minimum Gasteiger partial charge on any atom is -0.508 e. The Labute approximate surface area is 136 Å². The van der Waals surface area contributed by atoms with E-state index in [2.05, 4.69) is 15.2 Å². The quantitative estimate of drug-likeness (QED) is 0.810. The molecule has 0 saturated carbocycles. The Hall–Kier alpha value is -2.27. The van der Waals surface area contributed by atoms with Crippen LogP contribution in [0.5, 0.6) is 5.75 Å². The third-order valence-corrected chi connectivity index (χ3v) is 4.25. The molecular weight excluding hydrogens is 290 g/mol. The molecule has 2 heterocycles. The fourth-order valence-electron chi connectivity index (χ4n) is 2.91. The average Bonchev–Trinajstić information content (AvgIpc) is 2.57. The van der Waals surface area contributed by atoms with E-state index in [1.807, 2.05) is 31.2 Å². The molecule has 1 fully saturated rings. The highest BCUT2D eigenvalue weighted by Crippen LogP contribution is 2.27. The monoisotopic (exact) mass is 313 g/mol. The van der Waals surface area contributed by atoms with Crippen LogP contribution in [0.15, 0.2) is 36.5 Å². The summed E-state index contributed by atoms with van der Waals surface area (Å²) < 4.78 is 0. The van der Waals surface area contributed by atoms with Gasteiger partial charge in [-0.15, -0.1) is 0 Å². The third-order valence-electron chi connectivity index (χ3n) is 4.25. The summed E-state index contributed by atoms with van der Waals surface area (Å²) in [4.78, 5) is 6.70. The van der Waals surface area contributed by atoms with E-state index >= 15 is 0 Å². The molecule has 1 aliphatic heterocycles. The van der Waals surface area contributed by atoms with Crippen molar-refractivity contribution in [3.63, 3.8) is 0 Å². The molecular formula is C18H23N3O2. The van der Waals surface area contributed by atoms with Crippen molar-refractivity contribution in [1.29, 1.82) is 0 Å². The van der Waals surface area contributed by atoms with Crippen LogP contribution in [0.2, 0.25) is 0 Å². The van der Waals surface area contributed by atoms with E-state index in [0.29, 0.717) is 12.3 Å². The second-order valence-electron chi connectivity index (χ2n) is 6.08. The molecule has 1 aliphatic rings. The Morgan fingerprint density at radius 1 is 1.26 bits per heavy atom. The highest BCUT2D eigenvalue weighted by atomic mass is 16.3. The highest BCUT2D eigenvalue weighted by molar-refractivity contribution is 5.65. The van der Waals surface area contributed by atoms with E-state index in [4.69, 9.17) is 0 Å². The predicted molar refractivity (Wildman–Crippen MR) is 91.9 cm³/mol. The predicted octanol–water partition coefficient (Wildman–Crippen LogP) is 2.67. The summed E-state index contributed by atoms with van der Waals surface area (Å²) in [5.41, 5.74) is 2.94. The number of rotatable bonds is 4. The molecule has 0 aliphatic carbocycles. The van der Waals surface area contributed by atoms with Crippen LogP contribution < -0.4 is 10.2 Å². The van der Waals surface area contributed by atoms with E-state index in [1.165, 1.54) is 0 Å². The standard InChI is InChI=1S/C18H23N3O2/c1-13-4-5-17(23)14(11-13)12-20-16-3-2-8-19-18(16)21-9-6-15(22)7-10-21/h2-5,8,11,15,20,22-23H,6-7,9-10,12H2,1H3. The summed E-state index contributed by atoms with van der Waals surface area (Å²) in [6.45, 7) is 4.17. The number of aromatic nitrogens is 1. The van der Waals surface area contributed by atoms with Gasteiger partial charge < -0.3 is 20.4 Å². The Bertz CT molecular complexity index is 667.